The van der Waals surface area contributed by atoms with Crippen molar-refractivity contribution < 1.29 is 14.6 Å². The number of hydrogen-bond donors (Lipinski definition) is 1. The number of methoxy groups -OCH3 is 1. The van der Waals surface area contributed by atoms with Crippen LogP contribution < -0.4 is 4.90 Å². The Morgan fingerprint density at radius 1 is 1.30 bits per heavy atom. The van der Waals surface area contributed by atoms with E-state index in [-0.39, 0.29) is 18.6 Å². The maximum Gasteiger partial charge on any atom is 0.305 e. The van der Waals surface area contributed by atoms with Crippen molar-refractivity contribution in [3.8, 4) is 0 Å². The molecule has 0 heterocycles. The van der Waals surface area contributed by atoms with Crippen molar-refractivity contribution in [2.45, 2.75) is 44.2 Å². The molecule has 1 aromatic rings. The van der Waals surface area contributed by atoms with Crippen LogP contribution in [0.15, 0.2) is 30.3 Å². The summed E-state index contributed by atoms with van der Waals surface area (Å²) in [7, 11) is 1.75. The summed E-state index contributed by atoms with van der Waals surface area (Å²) in [4.78, 5) is 13.1. The number of hydrogen-bond acceptors (Lipinski definition) is 3. The van der Waals surface area contributed by atoms with Gasteiger partial charge in [0.05, 0.1) is 18.6 Å². The number of carboxylic acid groups (broad SMARTS) is 1. The van der Waals surface area contributed by atoms with Gasteiger partial charge in [-0.2, -0.15) is 0 Å². The highest BCUT2D eigenvalue weighted by Crippen LogP contribution is 2.29. The zero-order valence-corrected chi connectivity index (χ0v) is 12.0. The lowest BCUT2D eigenvalue weighted by atomic mass is 9.90. The van der Waals surface area contributed by atoms with Gasteiger partial charge in [0, 0.05) is 19.3 Å². The van der Waals surface area contributed by atoms with E-state index in [1.165, 1.54) is 12.8 Å². The molecule has 1 N–H and O–H groups in total. The Kier molecular flexibility index (Phi) is 5.41. The molecule has 0 saturated heterocycles. The monoisotopic (exact) mass is 277 g/mol. The third-order valence-corrected chi connectivity index (χ3v) is 4.03. The van der Waals surface area contributed by atoms with Gasteiger partial charge in [0.15, 0.2) is 0 Å². The Bertz CT molecular complexity index is 421. The predicted molar refractivity (Wildman–Crippen MR) is 79.1 cm³/mol. The molecule has 110 valence electrons. The van der Waals surface area contributed by atoms with Crippen molar-refractivity contribution >= 4 is 11.7 Å². The molecule has 1 saturated carbocycles. The molecular weight excluding hydrogens is 254 g/mol. The van der Waals surface area contributed by atoms with E-state index in [9.17, 15) is 4.79 Å². The van der Waals surface area contributed by atoms with Gasteiger partial charge in [0.2, 0.25) is 0 Å². The number of benzene rings is 1. The van der Waals surface area contributed by atoms with Gasteiger partial charge < -0.3 is 14.7 Å². The van der Waals surface area contributed by atoms with Crippen LogP contribution in [0.3, 0.4) is 0 Å². The first-order chi connectivity index (χ1) is 9.72. The van der Waals surface area contributed by atoms with Gasteiger partial charge in [-0.25, -0.2) is 0 Å². The summed E-state index contributed by atoms with van der Waals surface area (Å²) in [6.07, 6.45) is 4.84. The fourth-order valence-electron chi connectivity index (χ4n) is 3.03. The quantitative estimate of drug-likeness (QED) is 0.868. The van der Waals surface area contributed by atoms with Crippen LogP contribution in [0.4, 0.5) is 5.69 Å². The zero-order chi connectivity index (χ0) is 14.4. The van der Waals surface area contributed by atoms with Gasteiger partial charge in [-0.1, -0.05) is 31.0 Å². The van der Waals surface area contributed by atoms with Gasteiger partial charge in [-0.15, -0.1) is 0 Å². The summed E-state index contributed by atoms with van der Waals surface area (Å²) in [6, 6.07) is 10.3. The first-order valence-electron chi connectivity index (χ1n) is 7.28. The lowest BCUT2D eigenvalue weighted by molar-refractivity contribution is -0.136. The van der Waals surface area contributed by atoms with Crippen LogP contribution in [0.25, 0.3) is 0 Å². The van der Waals surface area contributed by atoms with E-state index in [2.05, 4.69) is 4.90 Å². The molecule has 0 aliphatic heterocycles. The minimum absolute atomic E-state index is 0.155. The second-order valence-corrected chi connectivity index (χ2v) is 5.30. The fraction of sp³-hybridized carbons (Fsp3) is 0.562. The Morgan fingerprint density at radius 2 is 2.00 bits per heavy atom. The third-order valence-electron chi connectivity index (χ3n) is 4.03. The summed E-state index contributed by atoms with van der Waals surface area (Å²) >= 11 is 0. The van der Waals surface area contributed by atoms with Crippen LogP contribution in [-0.4, -0.2) is 36.9 Å². The van der Waals surface area contributed by atoms with Gasteiger partial charge in [0.1, 0.15) is 0 Å². The summed E-state index contributed by atoms with van der Waals surface area (Å²) in [5.41, 5.74) is 1.09. The Hall–Kier alpha value is -1.55. The first kappa shape index (κ1) is 14.9. The molecular formula is C16H23NO3. The Labute approximate surface area is 120 Å². The molecule has 0 aromatic heterocycles. The van der Waals surface area contributed by atoms with E-state index in [4.69, 9.17) is 9.84 Å². The number of nitrogens with zero attached hydrogens (tertiary/aromatic N) is 1. The molecule has 0 bridgehead atoms. The molecule has 1 fully saturated rings. The van der Waals surface area contributed by atoms with Gasteiger partial charge in [-0.05, 0) is 25.0 Å². The van der Waals surface area contributed by atoms with E-state index < -0.39 is 5.97 Å². The molecule has 0 radical (unpaired) electrons. The number of carboxylic acids is 1. The van der Waals surface area contributed by atoms with Crippen molar-refractivity contribution in [1.82, 2.24) is 0 Å². The molecule has 0 spiro atoms. The summed E-state index contributed by atoms with van der Waals surface area (Å²) in [5.74, 6) is -0.754. The van der Waals surface area contributed by atoms with Gasteiger partial charge >= 0.3 is 5.97 Å². The van der Waals surface area contributed by atoms with Crippen molar-refractivity contribution in [2.75, 3.05) is 18.6 Å². The molecule has 1 aliphatic rings. The van der Waals surface area contributed by atoms with Gasteiger partial charge in [0.25, 0.3) is 0 Å². The molecule has 1 aliphatic carbocycles. The second-order valence-electron chi connectivity index (χ2n) is 5.30. The third kappa shape index (κ3) is 3.73. The zero-order valence-electron chi connectivity index (χ0n) is 12.0. The smallest absolute Gasteiger partial charge is 0.305 e. The number of ether oxygens (including phenoxy) is 1. The molecule has 20 heavy (non-hydrogen) atoms. The molecule has 1 aromatic carbocycles. The maximum absolute atomic E-state index is 10.9. The Morgan fingerprint density at radius 3 is 2.65 bits per heavy atom. The lowest BCUT2D eigenvalue weighted by Crippen LogP contribution is -2.47. The molecule has 2 rings (SSSR count). The molecule has 2 atom stereocenters. The average Bonchev–Trinajstić information content (AvgIpc) is 2.49. The maximum atomic E-state index is 10.9. The normalized spacial score (nSPS) is 22.4. The number of aliphatic carboxylic acids is 1. The highest BCUT2D eigenvalue weighted by atomic mass is 16.5. The van der Waals surface area contributed by atoms with Crippen molar-refractivity contribution in [3.05, 3.63) is 30.3 Å². The van der Waals surface area contributed by atoms with Crippen LogP contribution in [0.2, 0.25) is 0 Å². The van der Waals surface area contributed by atoms with Gasteiger partial charge in [-0.3, -0.25) is 4.79 Å². The highest BCUT2D eigenvalue weighted by Gasteiger charge is 2.30. The summed E-state index contributed by atoms with van der Waals surface area (Å²) in [5, 5.41) is 8.97. The first-order valence-corrected chi connectivity index (χ1v) is 7.28. The van der Waals surface area contributed by atoms with Crippen LogP contribution in [0.5, 0.6) is 0 Å². The lowest BCUT2D eigenvalue weighted by Gasteiger charge is -2.40. The van der Waals surface area contributed by atoms with E-state index in [1.807, 2.05) is 30.3 Å². The van der Waals surface area contributed by atoms with E-state index >= 15 is 0 Å². The minimum Gasteiger partial charge on any atom is -0.481 e. The molecule has 0 amide bonds. The Balaban J connectivity index is 2.18. The fourth-order valence-corrected chi connectivity index (χ4v) is 3.03. The van der Waals surface area contributed by atoms with Crippen LogP contribution in [0, 0.1) is 0 Å². The molecule has 2 unspecified atom stereocenters. The van der Waals surface area contributed by atoms with E-state index in [0.717, 1.165) is 18.5 Å². The summed E-state index contributed by atoms with van der Waals surface area (Å²) < 4.78 is 5.62. The number of para-hydroxylation sites is 1. The molecule has 4 heteroatoms. The largest absolute Gasteiger partial charge is 0.481 e. The SMILES string of the molecule is COC1CCCCC1N(CCC(=O)O)c1ccccc1. The predicted octanol–water partition coefficient (Wildman–Crippen LogP) is 2.93. The number of rotatable bonds is 6. The highest BCUT2D eigenvalue weighted by molar-refractivity contribution is 5.67. The standard InChI is InChI=1S/C16H23NO3/c1-20-15-10-6-5-9-14(15)17(12-11-16(18)19)13-7-3-2-4-8-13/h2-4,7-8,14-15H,5-6,9-12H2,1H3,(H,18,19). The topological polar surface area (TPSA) is 49.8 Å². The van der Waals surface area contributed by atoms with Crippen molar-refractivity contribution in [3.63, 3.8) is 0 Å². The summed E-state index contributed by atoms with van der Waals surface area (Å²) in [6.45, 7) is 0.532. The second kappa shape index (κ2) is 7.29. The number of anilines is 1. The van der Waals surface area contributed by atoms with Crippen LogP contribution in [-0.2, 0) is 9.53 Å². The molecule has 4 nitrogen and oxygen atoms in total. The van der Waals surface area contributed by atoms with Crippen LogP contribution in [0.1, 0.15) is 32.1 Å². The minimum atomic E-state index is -0.754. The number of carbonyl (C=O) groups is 1. The average molecular weight is 277 g/mol. The van der Waals surface area contributed by atoms with Crippen LogP contribution >= 0.6 is 0 Å². The van der Waals surface area contributed by atoms with E-state index in [1.54, 1.807) is 7.11 Å². The van der Waals surface area contributed by atoms with E-state index in [0.29, 0.717) is 6.54 Å². The van der Waals surface area contributed by atoms with Crippen molar-refractivity contribution in [1.29, 1.82) is 0 Å². The van der Waals surface area contributed by atoms with Crippen molar-refractivity contribution in [2.24, 2.45) is 0 Å².